The van der Waals surface area contributed by atoms with Gasteiger partial charge in [0.1, 0.15) is 0 Å². The molecule has 0 amide bonds. The lowest BCUT2D eigenvalue weighted by atomic mass is 10.2. The highest BCUT2D eigenvalue weighted by Gasteiger charge is 2.28. The molecular weight excluding hydrogens is 218 g/mol. The third-order valence-corrected chi connectivity index (χ3v) is 2.84. The van der Waals surface area contributed by atoms with Gasteiger partial charge in [-0.15, -0.1) is 0 Å². The van der Waals surface area contributed by atoms with Gasteiger partial charge in [-0.25, -0.2) is 5.84 Å². The number of nitrogen functional groups attached to an aromatic ring is 1. The molecule has 1 aromatic rings. The van der Waals surface area contributed by atoms with Crippen molar-refractivity contribution in [3.63, 3.8) is 0 Å². The van der Waals surface area contributed by atoms with Gasteiger partial charge in [0.05, 0.1) is 0 Å². The van der Waals surface area contributed by atoms with E-state index < -0.39 is 0 Å². The highest BCUT2D eigenvalue weighted by atomic mass is 15.4. The lowest BCUT2D eigenvalue weighted by Gasteiger charge is -2.16. The summed E-state index contributed by atoms with van der Waals surface area (Å²) >= 11 is 0. The van der Waals surface area contributed by atoms with Gasteiger partial charge < -0.3 is 10.2 Å². The number of nitrogens with zero attached hydrogens (tertiary/aromatic N) is 4. The Kier molecular flexibility index (Phi) is 3.28. The first-order valence-corrected chi connectivity index (χ1v) is 5.76. The number of rotatable bonds is 5. The van der Waals surface area contributed by atoms with Crippen molar-refractivity contribution < 1.29 is 0 Å². The molecule has 0 aromatic carbocycles. The van der Waals surface area contributed by atoms with Crippen LogP contribution < -0.4 is 21.5 Å². The molecule has 0 aliphatic heterocycles. The van der Waals surface area contributed by atoms with Crippen LogP contribution in [0.5, 0.6) is 0 Å². The highest BCUT2D eigenvalue weighted by molar-refractivity contribution is 5.42. The van der Waals surface area contributed by atoms with E-state index in [2.05, 4.69) is 32.6 Å². The average Bonchev–Trinajstić information content (AvgIpc) is 3.12. The van der Waals surface area contributed by atoms with Gasteiger partial charge in [0.15, 0.2) is 0 Å². The second-order valence-corrected chi connectivity index (χ2v) is 4.59. The molecule has 0 radical (unpaired) electrons. The Morgan fingerprint density at radius 2 is 1.88 bits per heavy atom. The molecule has 1 fully saturated rings. The smallest absolute Gasteiger partial charge is 0.243 e. The Hall–Kier alpha value is -1.63. The third-order valence-electron chi connectivity index (χ3n) is 2.84. The highest BCUT2D eigenvalue weighted by Crippen LogP contribution is 2.33. The minimum absolute atomic E-state index is 0.370. The monoisotopic (exact) mass is 237 g/mol. The zero-order valence-electron chi connectivity index (χ0n) is 10.4. The maximum atomic E-state index is 5.34. The number of hydrogen-bond donors (Lipinski definition) is 3. The Bertz CT molecular complexity index is 388. The van der Waals surface area contributed by atoms with Gasteiger partial charge in [-0.2, -0.15) is 15.0 Å². The zero-order valence-corrected chi connectivity index (χ0v) is 10.4. The van der Waals surface area contributed by atoms with Gasteiger partial charge in [0, 0.05) is 20.1 Å². The molecule has 17 heavy (non-hydrogen) atoms. The van der Waals surface area contributed by atoms with Crippen LogP contribution in [0.3, 0.4) is 0 Å². The van der Waals surface area contributed by atoms with Crippen molar-refractivity contribution in [1.29, 1.82) is 0 Å². The second-order valence-electron chi connectivity index (χ2n) is 4.59. The van der Waals surface area contributed by atoms with Crippen molar-refractivity contribution in [3.8, 4) is 0 Å². The predicted molar refractivity (Wildman–Crippen MR) is 67.8 cm³/mol. The molecule has 1 aliphatic carbocycles. The van der Waals surface area contributed by atoms with Gasteiger partial charge in [0.25, 0.3) is 0 Å². The number of nitrogens with two attached hydrogens (primary N) is 1. The summed E-state index contributed by atoms with van der Waals surface area (Å²) in [6.07, 6.45) is 2.56. The fraction of sp³-hybridized carbons (Fsp3) is 0.700. The largest absolute Gasteiger partial charge is 0.351 e. The van der Waals surface area contributed by atoms with E-state index in [1.807, 2.05) is 19.0 Å². The predicted octanol–water partition coefficient (Wildman–Crippen LogP) is 0.434. The summed E-state index contributed by atoms with van der Waals surface area (Å²) in [4.78, 5) is 14.5. The van der Waals surface area contributed by atoms with Crippen LogP contribution >= 0.6 is 0 Å². The standard InChI is InChI=1S/C10H19N7/c1-6(7-4-5-7)12-8-13-9(16-11)15-10(14-8)17(2)3/h6-7H,4-5,11H2,1-3H3,(H2,12,13,14,15,16). The molecule has 1 atom stereocenters. The number of nitrogens with one attached hydrogen (secondary N) is 2. The fourth-order valence-electron chi connectivity index (χ4n) is 1.61. The van der Waals surface area contributed by atoms with Crippen LogP contribution in [-0.4, -0.2) is 35.1 Å². The van der Waals surface area contributed by atoms with Gasteiger partial charge in [-0.3, -0.25) is 5.43 Å². The summed E-state index contributed by atoms with van der Waals surface area (Å²) in [5.74, 6) is 7.60. The quantitative estimate of drug-likeness (QED) is 0.505. The molecule has 1 aliphatic rings. The topological polar surface area (TPSA) is 92.0 Å². The molecule has 0 bridgehead atoms. The Balaban J connectivity index is 2.16. The normalized spacial score (nSPS) is 16.5. The number of hydrazine groups is 1. The van der Waals surface area contributed by atoms with Gasteiger partial charge >= 0.3 is 0 Å². The van der Waals surface area contributed by atoms with Crippen molar-refractivity contribution in [2.24, 2.45) is 11.8 Å². The first kappa shape index (κ1) is 11.8. The van der Waals surface area contributed by atoms with Crippen molar-refractivity contribution >= 4 is 17.8 Å². The van der Waals surface area contributed by atoms with Crippen LogP contribution in [0.2, 0.25) is 0 Å². The summed E-state index contributed by atoms with van der Waals surface area (Å²) in [5.41, 5.74) is 2.45. The van der Waals surface area contributed by atoms with Crippen LogP contribution in [-0.2, 0) is 0 Å². The average molecular weight is 237 g/mol. The lowest BCUT2D eigenvalue weighted by Crippen LogP contribution is -2.23. The van der Waals surface area contributed by atoms with Crippen LogP contribution in [0.4, 0.5) is 17.8 Å². The molecule has 4 N–H and O–H groups in total. The number of aromatic nitrogens is 3. The SMILES string of the molecule is CC(Nc1nc(NN)nc(N(C)C)n1)C1CC1. The first-order chi connectivity index (χ1) is 8.10. The molecule has 7 heteroatoms. The van der Waals surface area contributed by atoms with E-state index in [1.165, 1.54) is 12.8 Å². The van der Waals surface area contributed by atoms with E-state index in [1.54, 1.807) is 0 Å². The van der Waals surface area contributed by atoms with E-state index in [-0.39, 0.29) is 0 Å². The summed E-state index contributed by atoms with van der Waals surface area (Å²) in [6, 6.07) is 0.387. The maximum absolute atomic E-state index is 5.34. The molecule has 1 aromatic heterocycles. The first-order valence-electron chi connectivity index (χ1n) is 5.76. The Morgan fingerprint density at radius 1 is 1.24 bits per heavy atom. The molecule has 0 saturated heterocycles. The Labute approximate surface area is 101 Å². The van der Waals surface area contributed by atoms with Crippen molar-refractivity contribution in [2.45, 2.75) is 25.8 Å². The molecule has 0 spiro atoms. The minimum atomic E-state index is 0.370. The van der Waals surface area contributed by atoms with Gasteiger partial charge in [-0.05, 0) is 25.7 Å². The molecular formula is C10H19N7. The van der Waals surface area contributed by atoms with Crippen molar-refractivity contribution in [3.05, 3.63) is 0 Å². The molecule has 94 valence electrons. The minimum Gasteiger partial charge on any atom is -0.351 e. The second kappa shape index (κ2) is 4.70. The van der Waals surface area contributed by atoms with E-state index in [0.717, 1.165) is 5.92 Å². The van der Waals surface area contributed by atoms with E-state index >= 15 is 0 Å². The van der Waals surface area contributed by atoms with Crippen LogP contribution in [0.25, 0.3) is 0 Å². The lowest BCUT2D eigenvalue weighted by molar-refractivity contribution is 0.685. The fourth-order valence-corrected chi connectivity index (χ4v) is 1.61. The summed E-state index contributed by atoms with van der Waals surface area (Å²) in [7, 11) is 3.76. The van der Waals surface area contributed by atoms with E-state index in [4.69, 9.17) is 5.84 Å². The Morgan fingerprint density at radius 3 is 2.41 bits per heavy atom. The maximum Gasteiger partial charge on any atom is 0.243 e. The summed E-state index contributed by atoms with van der Waals surface area (Å²) < 4.78 is 0. The zero-order chi connectivity index (χ0) is 12.4. The molecule has 1 unspecified atom stereocenters. The van der Waals surface area contributed by atoms with Crippen LogP contribution in [0.1, 0.15) is 19.8 Å². The van der Waals surface area contributed by atoms with E-state index in [9.17, 15) is 0 Å². The summed E-state index contributed by atoms with van der Waals surface area (Å²) in [5, 5.41) is 3.29. The molecule has 1 heterocycles. The van der Waals surface area contributed by atoms with Crippen LogP contribution in [0, 0.1) is 5.92 Å². The third kappa shape index (κ3) is 2.94. The van der Waals surface area contributed by atoms with E-state index in [0.29, 0.717) is 23.9 Å². The number of hydrogen-bond acceptors (Lipinski definition) is 7. The number of anilines is 3. The van der Waals surface area contributed by atoms with Crippen molar-refractivity contribution in [1.82, 2.24) is 15.0 Å². The van der Waals surface area contributed by atoms with Crippen molar-refractivity contribution in [2.75, 3.05) is 29.7 Å². The molecule has 2 rings (SSSR count). The van der Waals surface area contributed by atoms with Gasteiger partial charge in [-0.1, -0.05) is 0 Å². The summed E-state index contributed by atoms with van der Waals surface area (Å²) in [6.45, 7) is 2.15. The van der Waals surface area contributed by atoms with Gasteiger partial charge in [0.2, 0.25) is 17.8 Å². The molecule has 1 saturated carbocycles. The van der Waals surface area contributed by atoms with Crippen LogP contribution in [0.15, 0.2) is 0 Å². The molecule has 7 nitrogen and oxygen atoms in total.